The minimum absolute atomic E-state index is 0.936. The highest BCUT2D eigenvalue weighted by Crippen LogP contribution is 2.30. The zero-order valence-electron chi connectivity index (χ0n) is 23.3. The Labute approximate surface area is 250 Å². The van der Waals surface area contributed by atoms with Crippen LogP contribution in [0.25, 0.3) is 44.8 Å². The Balaban J connectivity index is 1.37. The molecule has 0 spiro atoms. The van der Waals surface area contributed by atoms with Crippen molar-refractivity contribution in [2.45, 2.75) is 0 Å². The van der Waals surface area contributed by atoms with E-state index < -0.39 is 8.07 Å². The molecule has 0 aliphatic carbocycles. The normalized spacial score (nSPS) is 15.5. The second-order valence-corrected chi connectivity index (χ2v) is 14.7. The van der Waals surface area contributed by atoms with Crippen LogP contribution in [0.5, 0.6) is 0 Å². The van der Waals surface area contributed by atoms with E-state index in [-0.39, 0.29) is 0 Å². The molecule has 6 aromatic carbocycles. The Hall–Kier alpha value is -5.52. The fourth-order valence-corrected chi connectivity index (χ4v) is 11.9. The molecule has 1 unspecified atom stereocenters. The van der Waals surface area contributed by atoms with Crippen LogP contribution in [0.2, 0.25) is 0 Å². The summed E-state index contributed by atoms with van der Waals surface area (Å²) in [4.78, 5) is 10.6. The molecule has 0 amide bonds. The number of imidazole rings is 2. The van der Waals surface area contributed by atoms with Gasteiger partial charge in [0.05, 0.1) is 22.1 Å². The second kappa shape index (κ2) is 9.24. The molecule has 43 heavy (non-hydrogen) atoms. The van der Waals surface area contributed by atoms with E-state index in [1.807, 2.05) is 0 Å². The van der Waals surface area contributed by atoms with Crippen LogP contribution in [0.15, 0.2) is 158 Å². The van der Waals surface area contributed by atoms with Crippen molar-refractivity contribution in [1.82, 2.24) is 19.1 Å². The summed E-state index contributed by atoms with van der Waals surface area (Å²) >= 11 is 0. The van der Waals surface area contributed by atoms with E-state index in [0.717, 1.165) is 44.6 Å². The van der Waals surface area contributed by atoms with Gasteiger partial charge in [0.25, 0.3) is 0 Å². The van der Waals surface area contributed by atoms with Crippen LogP contribution in [-0.2, 0) is 0 Å². The highest BCUT2D eigenvalue weighted by molar-refractivity contribution is 7.20. The average Bonchev–Trinajstić information content (AvgIpc) is 3.74. The van der Waals surface area contributed by atoms with Gasteiger partial charge in [0, 0.05) is 16.9 Å². The molecule has 4 nitrogen and oxygen atoms in total. The highest BCUT2D eigenvalue weighted by atomic mass is 28.3. The minimum atomic E-state index is -2.79. The maximum absolute atomic E-state index is 5.42. The quantitative estimate of drug-likeness (QED) is 0.256. The van der Waals surface area contributed by atoms with Crippen molar-refractivity contribution < 1.29 is 0 Å². The molecule has 0 bridgehead atoms. The molecule has 3 heterocycles. The second-order valence-electron chi connectivity index (χ2n) is 11.1. The molecule has 202 valence electrons. The molecular weight excluding hydrogens is 541 g/mol. The Morgan fingerprint density at radius 2 is 1.07 bits per heavy atom. The van der Waals surface area contributed by atoms with Gasteiger partial charge in [-0.2, -0.15) is 0 Å². The summed E-state index contributed by atoms with van der Waals surface area (Å²) in [6.07, 6.45) is 0. The fraction of sp³-hybridized carbons (Fsp3) is 0. The minimum Gasteiger partial charge on any atom is -0.299 e. The summed E-state index contributed by atoms with van der Waals surface area (Å²) in [5.74, 6) is 0.936. The zero-order valence-corrected chi connectivity index (χ0v) is 24.3. The third-order valence-corrected chi connectivity index (χ3v) is 13.4. The predicted molar refractivity (Wildman–Crippen MR) is 178 cm³/mol. The van der Waals surface area contributed by atoms with E-state index in [1.54, 1.807) is 0 Å². The Morgan fingerprint density at radius 3 is 1.86 bits per heavy atom. The van der Waals surface area contributed by atoms with E-state index in [2.05, 4.69) is 167 Å². The Morgan fingerprint density at radius 1 is 0.465 bits per heavy atom. The lowest BCUT2D eigenvalue weighted by atomic mass is 10.2. The molecular formula is C38H26N4Si. The summed E-state index contributed by atoms with van der Waals surface area (Å²) in [6.45, 7) is 0. The van der Waals surface area contributed by atoms with E-state index >= 15 is 0 Å². The van der Waals surface area contributed by atoms with Crippen molar-refractivity contribution in [2.75, 3.05) is 0 Å². The number of rotatable bonds is 4. The number of aromatic nitrogens is 4. The summed E-state index contributed by atoms with van der Waals surface area (Å²) in [6, 6.07) is 56.4. The number of benzene rings is 6. The molecule has 1 aliphatic rings. The van der Waals surface area contributed by atoms with E-state index in [1.165, 1.54) is 21.2 Å². The molecule has 1 aliphatic heterocycles. The summed E-state index contributed by atoms with van der Waals surface area (Å²) in [5, 5.41) is 3.98. The third kappa shape index (κ3) is 3.37. The first-order valence-corrected chi connectivity index (χ1v) is 16.6. The molecule has 0 N–H and O–H groups in total. The van der Waals surface area contributed by atoms with Gasteiger partial charge in [-0.05, 0) is 58.0 Å². The van der Waals surface area contributed by atoms with Crippen LogP contribution >= 0.6 is 0 Å². The van der Waals surface area contributed by atoms with Gasteiger partial charge in [-0.25, -0.2) is 9.97 Å². The van der Waals surface area contributed by atoms with Gasteiger partial charge in [-0.1, -0.05) is 115 Å². The largest absolute Gasteiger partial charge is 0.299 e. The third-order valence-electron chi connectivity index (χ3n) is 8.78. The van der Waals surface area contributed by atoms with Gasteiger partial charge in [0.1, 0.15) is 11.3 Å². The molecule has 9 rings (SSSR count). The molecule has 5 heteroatoms. The van der Waals surface area contributed by atoms with Crippen LogP contribution in [-0.4, -0.2) is 27.2 Å². The van der Waals surface area contributed by atoms with Crippen molar-refractivity contribution >= 4 is 51.1 Å². The molecule has 1 atom stereocenters. The average molecular weight is 567 g/mol. The van der Waals surface area contributed by atoms with E-state index in [4.69, 9.17) is 9.97 Å². The Kier molecular flexibility index (Phi) is 5.18. The SMILES string of the molecule is c1ccc(-n2c(-c3cccc([Si]4(c5ccccc5)c5ccccc5-n5c4nc4ccccc45)c3)nc3ccccc32)cc1. The topological polar surface area (TPSA) is 35.6 Å². The van der Waals surface area contributed by atoms with Gasteiger partial charge < -0.3 is 0 Å². The van der Waals surface area contributed by atoms with Gasteiger partial charge in [0.2, 0.25) is 8.07 Å². The van der Waals surface area contributed by atoms with Crippen LogP contribution in [0.3, 0.4) is 0 Å². The molecule has 0 fully saturated rings. The fourth-order valence-electron chi connectivity index (χ4n) is 7.00. The number of para-hydroxylation sites is 6. The smallest absolute Gasteiger partial charge is 0.226 e. The van der Waals surface area contributed by atoms with Crippen LogP contribution in [0.4, 0.5) is 0 Å². The highest BCUT2D eigenvalue weighted by Gasteiger charge is 2.51. The van der Waals surface area contributed by atoms with Crippen LogP contribution in [0.1, 0.15) is 0 Å². The first-order chi connectivity index (χ1) is 21.3. The number of fused-ring (bicyclic) bond motifs is 6. The van der Waals surface area contributed by atoms with Crippen molar-refractivity contribution in [3.05, 3.63) is 158 Å². The summed E-state index contributed by atoms with van der Waals surface area (Å²) in [7, 11) is -2.79. The van der Waals surface area contributed by atoms with Gasteiger partial charge in [-0.3, -0.25) is 9.13 Å². The van der Waals surface area contributed by atoms with Crippen LogP contribution in [0, 0.1) is 0 Å². The molecule has 0 saturated heterocycles. The van der Waals surface area contributed by atoms with Crippen molar-refractivity contribution in [2.24, 2.45) is 0 Å². The van der Waals surface area contributed by atoms with Crippen molar-refractivity contribution in [3.63, 3.8) is 0 Å². The lowest BCUT2D eigenvalue weighted by Gasteiger charge is -2.28. The van der Waals surface area contributed by atoms with E-state index in [0.29, 0.717) is 0 Å². The molecule has 2 aromatic heterocycles. The maximum atomic E-state index is 5.42. The van der Waals surface area contributed by atoms with Crippen molar-refractivity contribution in [1.29, 1.82) is 0 Å². The lowest BCUT2D eigenvalue weighted by Crippen LogP contribution is -2.73. The van der Waals surface area contributed by atoms with Crippen LogP contribution < -0.4 is 21.0 Å². The first kappa shape index (κ1) is 24.1. The Bertz CT molecular complexity index is 2300. The number of hydrogen-bond donors (Lipinski definition) is 0. The van der Waals surface area contributed by atoms with E-state index in [9.17, 15) is 0 Å². The standard InChI is InChI=1S/C38H26N4Si/c1-3-15-28(16-4-1)41-33-22-9-7-20-31(33)39-37(41)27-14-13-19-30(26-27)43(29-17-5-2-6-18-29)36-25-12-11-24-35(36)42-34-23-10-8-21-32(34)40-38(42)43/h1-26H. The zero-order chi connectivity index (χ0) is 28.4. The molecule has 8 aromatic rings. The maximum Gasteiger partial charge on any atom is 0.226 e. The monoisotopic (exact) mass is 566 g/mol. The summed E-state index contributed by atoms with van der Waals surface area (Å²) < 4.78 is 4.69. The number of nitrogens with zero attached hydrogens (tertiary/aromatic N) is 4. The first-order valence-electron chi connectivity index (χ1n) is 14.6. The number of hydrogen-bond acceptors (Lipinski definition) is 2. The summed E-state index contributed by atoms with van der Waals surface area (Å²) in [5.41, 5.74) is 8.82. The van der Waals surface area contributed by atoms with Gasteiger partial charge in [-0.15, -0.1) is 0 Å². The van der Waals surface area contributed by atoms with Gasteiger partial charge in [0.15, 0.2) is 0 Å². The molecule has 0 radical (unpaired) electrons. The van der Waals surface area contributed by atoms with Crippen molar-refractivity contribution in [3.8, 4) is 22.8 Å². The predicted octanol–water partition coefficient (Wildman–Crippen LogP) is 5.72. The lowest BCUT2D eigenvalue weighted by molar-refractivity contribution is 1.10. The molecule has 0 saturated carbocycles. The van der Waals surface area contributed by atoms with Gasteiger partial charge >= 0.3 is 0 Å².